The molecule has 8 nitrogen and oxygen atoms in total. The molecule has 0 aliphatic rings. The summed E-state index contributed by atoms with van der Waals surface area (Å²) in [5, 5.41) is 9.32. The molecule has 0 aliphatic heterocycles. The van der Waals surface area contributed by atoms with Crippen molar-refractivity contribution in [3.63, 3.8) is 0 Å². The van der Waals surface area contributed by atoms with E-state index in [4.69, 9.17) is 14.0 Å². The van der Waals surface area contributed by atoms with Gasteiger partial charge >= 0.3 is 11.9 Å². The normalized spacial score (nSPS) is 11.1. The number of esters is 2. The lowest BCUT2D eigenvalue weighted by Crippen LogP contribution is -2.17. The van der Waals surface area contributed by atoms with Crippen LogP contribution in [0.15, 0.2) is 36.4 Å². The van der Waals surface area contributed by atoms with Crippen molar-refractivity contribution in [1.82, 2.24) is 0 Å². The van der Waals surface area contributed by atoms with E-state index >= 15 is 0 Å². The van der Waals surface area contributed by atoms with Crippen LogP contribution in [0.5, 0.6) is 5.75 Å². The molecule has 2 rings (SSSR count). The van der Waals surface area contributed by atoms with Gasteiger partial charge in [0.2, 0.25) is 0 Å². The first kappa shape index (κ1) is 23.0. The first-order valence-electron chi connectivity index (χ1n) is 7.59. The molecule has 150 valence electrons. The summed E-state index contributed by atoms with van der Waals surface area (Å²) in [7, 11) is -4.44. The second-order valence-corrected chi connectivity index (χ2v) is 9.27. The average molecular weight is 632 g/mol. The predicted octanol–water partition coefficient (Wildman–Crippen LogP) is 2.54. The highest BCUT2D eigenvalue weighted by Gasteiger charge is 2.15. The van der Waals surface area contributed by atoms with Gasteiger partial charge in [-0.3, -0.25) is 9.35 Å². The minimum absolute atomic E-state index is 0.110. The van der Waals surface area contributed by atoms with Gasteiger partial charge in [-0.2, -0.15) is 8.42 Å². The Morgan fingerprint density at radius 2 is 1.61 bits per heavy atom. The third-order valence-electron chi connectivity index (χ3n) is 3.37. The van der Waals surface area contributed by atoms with Crippen molar-refractivity contribution < 1.29 is 37.1 Å². The third kappa shape index (κ3) is 6.95. The predicted molar refractivity (Wildman–Crippen MR) is 115 cm³/mol. The van der Waals surface area contributed by atoms with Gasteiger partial charge in [-0.25, -0.2) is 4.79 Å². The number of hydrogen-bond acceptors (Lipinski definition) is 7. The fourth-order valence-electron chi connectivity index (χ4n) is 2.05. The molecule has 0 saturated heterocycles. The zero-order valence-corrected chi connectivity index (χ0v) is 19.2. The topological polar surface area (TPSA) is 127 Å². The van der Waals surface area contributed by atoms with E-state index in [1.807, 2.05) is 45.2 Å². The summed E-state index contributed by atoms with van der Waals surface area (Å²) >= 11 is 4.10. The van der Waals surface area contributed by atoms with E-state index in [-0.39, 0.29) is 18.8 Å². The Morgan fingerprint density at radius 1 is 1.04 bits per heavy atom. The summed E-state index contributed by atoms with van der Waals surface area (Å²) in [4.78, 5) is 23.5. The molecule has 11 heteroatoms. The van der Waals surface area contributed by atoms with Crippen molar-refractivity contribution in [2.45, 2.75) is 13.2 Å². The summed E-state index contributed by atoms with van der Waals surface area (Å²) < 4.78 is 41.4. The van der Waals surface area contributed by atoms with E-state index in [0.29, 0.717) is 11.3 Å². The lowest BCUT2D eigenvalue weighted by atomic mass is 10.1. The third-order valence-corrected chi connectivity index (χ3v) is 5.90. The van der Waals surface area contributed by atoms with Crippen molar-refractivity contribution in [1.29, 1.82) is 0 Å². The Balaban J connectivity index is 1.99. The van der Waals surface area contributed by atoms with E-state index in [1.54, 1.807) is 12.1 Å². The number of aliphatic hydroxyl groups excluding tert-OH is 1. The van der Waals surface area contributed by atoms with Crippen molar-refractivity contribution >= 4 is 67.2 Å². The molecule has 0 amide bonds. The lowest BCUT2D eigenvalue weighted by Gasteiger charge is -2.10. The van der Waals surface area contributed by atoms with Crippen molar-refractivity contribution in [2.75, 3.05) is 5.75 Å². The fourth-order valence-corrected chi connectivity index (χ4v) is 4.48. The van der Waals surface area contributed by atoms with Gasteiger partial charge in [0.05, 0.1) is 12.2 Å². The summed E-state index contributed by atoms with van der Waals surface area (Å²) in [6.45, 7) is -0.316. The molecule has 0 aliphatic carbocycles. The molecular formula is C17H14I2O8S. The summed E-state index contributed by atoms with van der Waals surface area (Å²) in [5.74, 6) is -2.44. The highest BCUT2D eigenvalue weighted by molar-refractivity contribution is 14.1. The minimum atomic E-state index is -4.44. The maximum absolute atomic E-state index is 12.3. The van der Waals surface area contributed by atoms with Gasteiger partial charge in [0.15, 0.2) is 5.75 Å². The molecule has 0 heterocycles. The van der Waals surface area contributed by atoms with Crippen LogP contribution in [0.1, 0.15) is 21.5 Å². The molecule has 28 heavy (non-hydrogen) atoms. The number of hydrogen-bond donors (Lipinski definition) is 2. The van der Waals surface area contributed by atoms with E-state index < -0.39 is 27.8 Å². The maximum atomic E-state index is 12.3. The molecule has 2 N–H and O–H groups in total. The molecule has 2 aromatic carbocycles. The smallest absolute Gasteiger partial charge is 0.343 e. The summed E-state index contributed by atoms with van der Waals surface area (Å²) in [6, 6.07) is 9.31. The second kappa shape index (κ2) is 9.96. The zero-order chi connectivity index (χ0) is 20.9. The molecule has 0 atom stereocenters. The second-order valence-electron chi connectivity index (χ2n) is 5.50. The lowest BCUT2D eigenvalue weighted by molar-refractivity contribution is -0.141. The van der Waals surface area contributed by atoms with E-state index in [0.717, 1.165) is 12.7 Å². The van der Waals surface area contributed by atoms with Gasteiger partial charge in [0.1, 0.15) is 12.4 Å². The van der Waals surface area contributed by atoms with Crippen molar-refractivity contribution in [3.05, 3.63) is 60.2 Å². The molecular weight excluding hydrogens is 618 g/mol. The van der Waals surface area contributed by atoms with Crippen LogP contribution >= 0.6 is 45.2 Å². The molecule has 0 bridgehead atoms. The van der Waals surface area contributed by atoms with Gasteiger partial charge in [-0.15, -0.1) is 0 Å². The average Bonchev–Trinajstić information content (AvgIpc) is 2.58. The first-order valence-corrected chi connectivity index (χ1v) is 11.4. The van der Waals surface area contributed by atoms with Crippen LogP contribution in [-0.2, 0) is 32.9 Å². The minimum Gasteiger partial charge on any atom is -0.460 e. The van der Waals surface area contributed by atoms with Gasteiger partial charge in [-0.1, -0.05) is 12.1 Å². The molecule has 0 saturated carbocycles. The van der Waals surface area contributed by atoms with Crippen LogP contribution < -0.4 is 4.74 Å². The van der Waals surface area contributed by atoms with Gasteiger partial charge in [0, 0.05) is 12.7 Å². The molecule has 0 aromatic heterocycles. The number of ether oxygens (including phenoxy) is 2. The number of benzene rings is 2. The molecule has 2 aromatic rings. The number of carbonyl (C=O) groups is 2. The van der Waals surface area contributed by atoms with E-state index in [2.05, 4.69) is 0 Å². The van der Waals surface area contributed by atoms with Crippen LogP contribution in [0, 0.1) is 7.14 Å². The van der Waals surface area contributed by atoms with Crippen LogP contribution in [0.2, 0.25) is 0 Å². The first-order chi connectivity index (χ1) is 13.1. The number of carbonyl (C=O) groups excluding carboxylic acids is 2. The van der Waals surface area contributed by atoms with Crippen LogP contribution in [0.3, 0.4) is 0 Å². The Morgan fingerprint density at radius 3 is 2.11 bits per heavy atom. The molecule has 0 radical (unpaired) electrons. The summed E-state index contributed by atoms with van der Waals surface area (Å²) in [5.41, 5.74) is 1.55. The van der Waals surface area contributed by atoms with Gasteiger partial charge in [0.25, 0.3) is 10.1 Å². The highest BCUT2D eigenvalue weighted by Crippen LogP contribution is 2.26. The Hall–Kier alpha value is -1.29. The highest BCUT2D eigenvalue weighted by atomic mass is 127. The Bertz CT molecular complexity index is 964. The van der Waals surface area contributed by atoms with Crippen LogP contribution in [-0.4, -0.2) is 35.8 Å². The van der Waals surface area contributed by atoms with Gasteiger partial charge in [-0.05, 0) is 75.0 Å². The molecule has 0 spiro atoms. The Kier molecular flexibility index (Phi) is 8.18. The fraction of sp³-hybridized carbons (Fsp3) is 0.176. The van der Waals surface area contributed by atoms with Gasteiger partial charge < -0.3 is 14.6 Å². The zero-order valence-electron chi connectivity index (χ0n) is 14.1. The molecule has 0 unspecified atom stereocenters. The number of aliphatic hydroxyl groups is 1. The molecule has 0 fully saturated rings. The van der Waals surface area contributed by atoms with E-state index in [9.17, 15) is 23.1 Å². The van der Waals surface area contributed by atoms with Crippen molar-refractivity contribution in [2.24, 2.45) is 0 Å². The number of rotatable bonds is 7. The number of halogens is 2. The standard InChI is InChI=1S/C17H14I2O8S/c18-14-5-12(6-15(19)13(14)7-20)27-17(22)11-3-1-10(2-4-11)8-26-16(21)9-28(23,24)25/h1-6,20H,7-9H2,(H,23,24,25). The quantitative estimate of drug-likeness (QED) is 0.207. The summed E-state index contributed by atoms with van der Waals surface area (Å²) in [6.07, 6.45) is 0. The SMILES string of the molecule is O=C(CS(=O)(=O)O)OCc1ccc(C(=O)Oc2cc(I)c(CO)c(I)c2)cc1. The van der Waals surface area contributed by atoms with Crippen molar-refractivity contribution in [3.8, 4) is 5.75 Å². The Labute approximate surface area is 188 Å². The monoisotopic (exact) mass is 632 g/mol. The van der Waals surface area contributed by atoms with Crippen LogP contribution in [0.25, 0.3) is 0 Å². The van der Waals surface area contributed by atoms with Crippen LogP contribution in [0.4, 0.5) is 0 Å². The maximum Gasteiger partial charge on any atom is 0.343 e. The largest absolute Gasteiger partial charge is 0.460 e. The van der Waals surface area contributed by atoms with E-state index in [1.165, 1.54) is 24.3 Å².